The standard InChI is InChI=1S/C21H21ClN4O3/c22-15-5-3-4-14(10-15)20(25-8-1-2-9-25)13-24-21(27)18-12-23-19-7-6-16(26(28)29)11-17(18)19/h3-7,10-12,20,23H,1-2,8-9,13H2,(H,24,27). The molecule has 8 heteroatoms. The number of nitrogens with zero attached hydrogens (tertiary/aromatic N) is 2. The zero-order valence-electron chi connectivity index (χ0n) is 15.7. The second kappa shape index (κ2) is 8.23. The molecular formula is C21H21ClN4O3. The highest BCUT2D eigenvalue weighted by Gasteiger charge is 2.25. The summed E-state index contributed by atoms with van der Waals surface area (Å²) < 4.78 is 0. The monoisotopic (exact) mass is 412 g/mol. The van der Waals surface area contributed by atoms with Crippen LogP contribution in [0.5, 0.6) is 0 Å². The maximum atomic E-state index is 12.9. The normalized spacial score (nSPS) is 15.5. The van der Waals surface area contributed by atoms with Gasteiger partial charge in [0.1, 0.15) is 0 Å². The van der Waals surface area contributed by atoms with E-state index in [9.17, 15) is 14.9 Å². The molecule has 0 bridgehead atoms. The number of nitro groups is 1. The van der Waals surface area contributed by atoms with Crippen LogP contribution in [0.15, 0.2) is 48.7 Å². The third kappa shape index (κ3) is 4.11. The number of hydrogen-bond acceptors (Lipinski definition) is 4. The van der Waals surface area contributed by atoms with Crippen molar-refractivity contribution in [3.8, 4) is 0 Å². The lowest BCUT2D eigenvalue weighted by Gasteiger charge is -2.28. The molecule has 1 atom stereocenters. The number of hydrogen-bond donors (Lipinski definition) is 2. The van der Waals surface area contributed by atoms with Gasteiger partial charge >= 0.3 is 0 Å². The lowest BCUT2D eigenvalue weighted by atomic mass is 10.1. The van der Waals surface area contributed by atoms with Crippen molar-refractivity contribution >= 4 is 34.1 Å². The molecule has 1 amide bonds. The first kappa shape index (κ1) is 19.4. The molecule has 3 aromatic rings. The molecule has 1 fully saturated rings. The Morgan fingerprint density at radius 3 is 2.76 bits per heavy atom. The SMILES string of the molecule is O=C(NCC(c1cccc(Cl)c1)N1CCCC1)c1c[nH]c2ccc([N+](=O)[O-])cc12. The highest BCUT2D eigenvalue weighted by molar-refractivity contribution is 6.30. The van der Waals surface area contributed by atoms with E-state index < -0.39 is 4.92 Å². The van der Waals surface area contributed by atoms with Gasteiger partial charge in [-0.05, 0) is 49.7 Å². The molecular weight excluding hydrogens is 392 g/mol. The molecule has 2 aromatic carbocycles. The van der Waals surface area contributed by atoms with Crippen LogP contribution in [0.25, 0.3) is 10.9 Å². The van der Waals surface area contributed by atoms with E-state index in [2.05, 4.69) is 15.2 Å². The van der Waals surface area contributed by atoms with Gasteiger partial charge in [0.05, 0.1) is 16.5 Å². The van der Waals surface area contributed by atoms with Crippen LogP contribution in [-0.4, -0.2) is 40.3 Å². The first-order chi connectivity index (χ1) is 14.0. The van der Waals surface area contributed by atoms with Gasteiger partial charge in [-0.2, -0.15) is 0 Å². The fourth-order valence-electron chi connectivity index (χ4n) is 3.92. The van der Waals surface area contributed by atoms with Crippen molar-refractivity contribution in [3.05, 3.63) is 74.9 Å². The Morgan fingerprint density at radius 2 is 2.03 bits per heavy atom. The van der Waals surface area contributed by atoms with Gasteiger partial charge in [-0.15, -0.1) is 0 Å². The van der Waals surface area contributed by atoms with Gasteiger partial charge in [-0.25, -0.2) is 0 Å². The van der Waals surface area contributed by atoms with Crippen molar-refractivity contribution in [1.29, 1.82) is 0 Å². The molecule has 1 unspecified atom stereocenters. The van der Waals surface area contributed by atoms with Crippen LogP contribution >= 0.6 is 11.6 Å². The average Bonchev–Trinajstić information content (AvgIpc) is 3.37. The summed E-state index contributed by atoms with van der Waals surface area (Å²) >= 11 is 6.18. The quantitative estimate of drug-likeness (QED) is 0.466. The number of H-pyrrole nitrogens is 1. The van der Waals surface area contributed by atoms with Gasteiger partial charge < -0.3 is 10.3 Å². The van der Waals surface area contributed by atoms with Crippen LogP contribution in [0.2, 0.25) is 5.02 Å². The summed E-state index contributed by atoms with van der Waals surface area (Å²) in [5.74, 6) is -0.261. The zero-order valence-corrected chi connectivity index (χ0v) is 16.5. The number of aromatic nitrogens is 1. The summed E-state index contributed by atoms with van der Waals surface area (Å²) in [5.41, 5.74) is 2.11. The Hall–Kier alpha value is -2.90. The fraction of sp³-hybridized carbons (Fsp3) is 0.286. The third-order valence-corrected chi connectivity index (χ3v) is 5.63. The molecule has 2 heterocycles. The molecule has 29 heavy (non-hydrogen) atoms. The van der Waals surface area contributed by atoms with E-state index in [-0.39, 0.29) is 17.6 Å². The lowest BCUT2D eigenvalue weighted by Crippen LogP contribution is -2.36. The Labute approximate surface area is 172 Å². The van der Waals surface area contributed by atoms with Crippen LogP contribution < -0.4 is 5.32 Å². The first-order valence-electron chi connectivity index (χ1n) is 9.56. The molecule has 7 nitrogen and oxygen atoms in total. The van der Waals surface area contributed by atoms with Crippen LogP contribution in [-0.2, 0) is 0 Å². The number of aromatic amines is 1. The Bertz CT molecular complexity index is 1060. The van der Waals surface area contributed by atoms with E-state index in [1.165, 1.54) is 12.1 Å². The predicted molar refractivity (Wildman–Crippen MR) is 112 cm³/mol. The molecule has 1 aliphatic heterocycles. The van der Waals surface area contributed by atoms with Gasteiger partial charge in [0.25, 0.3) is 11.6 Å². The van der Waals surface area contributed by atoms with Crippen molar-refractivity contribution in [2.75, 3.05) is 19.6 Å². The highest BCUT2D eigenvalue weighted by Crippen LogP contribution is 2.27. The number of rotatable bonds is 6. The number of carbonyl (C=O) groups is 1. The number of fused-ring (bicyclic) bond motifs is 1. The molecule has 1 saturated heterocycles. The number of amides is 1. The second-order valence-corrected chi connectivity index (χ2v) is 7.65. The van der Waals surface area contributed by atoms with E-state index >= 15 is 0 Å². The summed E-state index contributed by atoms with van der Waals surface area (Å²) in [6.45, 7) is 2.39. The number of carbonyl (C=O) groups excluding carboxylic acids is 1. The van der Waals surface area contributed by atoms with Gasteiger partial charge in [-0.1, -0.05) is 23.7 Å². The molecule has 0 aliphatic carbocycles. The van der Waals surface area contributed by atoms with Gasteiger partial charge in [0, 0.05) is 40.8 Å². The molecule has 1 aromatic heterocycles. The molecule has 150 valence electrons. The van der Waals surface area contributed by atoms with Crippen molar-refractivity contribution in [2.24, 2.45) is 0 Å². The van der Waals surface area contributed by atoms with E-state index in [0.717, 1.165) is 31.5 Å². The maximum Gasteiger partial charge on any atom is 0.270 e. The number of non-ortho nitro benzene ring substituents is 1. The number of likely N-dealkylation sites (tertiary alicyclic amines) is 1. The van der Waals surface area contributed by atoms with E-state index in [1.54, 1.807) is 12.3 Å². The minimum Gasteiger partial charge on any atom is -0.360 e. The number of benzene rings is 2. The maximum absolute atomic E-state index is 12.9. The smallest absolute Gasteiger partial charge is 0.270 e. The highest BCUT2D eigenvalue weighted by atomic mass is 35.5. The summed E-state index contributed by atoms with van der Waals surface area (Å²) in [4.78, 5) is 28.8. The lowest BCUT2D eigenvalue weighted by molar-refractivity contribution is -0.384. The molecule has 0 spiro atoms. The molecule has 0 saturated carbocycles. The molecule has 4 rings (SSSR count). The van der Waals surface area contributed by atoms with Crippen molar-refractivity contribution < 1.29 is 9.72 Å². The summed E-state index contributed by atoms with van der Waals surface area (Å²) in [7, 11) is 0. The molecule has 2 N–H and O–H groups in total. The Balaban J connectivity index is 1.56. The second-order valence-electron chi connectivity index (χ2n) is 7.21. The van der Waals surface area contributed by atoms with Crippen molar-refractivity contribution in [2.45, 2.75) is 18.9 Å². The summed E-state index contributed by atoms with van der Waals surface area (Å²) in [6, 6.07) is 12.2. The topological polar surface area (TPSA) is 91.3 Å². The predicted octanol–water partition coefficient (Wildman–Crippen LogP) is 4.30. The largest absolute Gasteiger partial charge is 0.360 e. The summed E-state index contributed by atoms with van der Waals surface area (Å²) in [6.07, 6.45) is 3.86. The van der Waals surface area contributed by atoms with E-state index in [4.69, 9.17) is 11.6 Å². The molecule has 0 radical (unpaired) electrons. The fourth-order valence-corrected chi connectivity index (χ4v) is 4.12. The minimum absolute atomic E-state index is 0.0275. The number of nitrogens with one attached hydrogen (secondary N) is 2. The number of halogens is 1. The van der Waals surface area contributed by atoms with Crippen LogP contribution in [0, 0.1) is 10.1 Å². The Kier molecular flexibility index (Phi) is 5.51. The Morgan fingerprint density at radius 1 is 1.24 bits per heavy atom. The van der Waals surface area contributed by atoms with Crippen LogP contribution in [0.3, 0.4) is 0 Å². The van der Waals surface area contributed by atoms with E-state index in [1.807, 2.05) is 24.3 Å². The summed E-state index contributed by atoms with van der Waals surface area (Å²) in [5, 5.41) is 15.3. The minimum atomic E-state index is -0.462. The van der Waals surface area contributed by atoms with Crippen LogP contribution in [0.1, 0.15) is 34.8 Å². The van der Waals surface area contributed by atoms with Crippen LogP contribution in [0.4, 0.5) is 5.69 Å². The van der Waals surface area contributed by atoms with Crippen molar-refractivity contribution in [1.82, 2.24) is 15.2 Å². The van der Waals surface area contributed by atoms with E-state index in [0.29, 0.717) is 28.0 Å². The zero-order chi connectivity index (χ0) is 20.4. The molecule has 1 aliphatic rings. The van der Waals surface area contributed by atoms with Gasteiger partial charge in [-0.3, -0.25) is 19.8 Å². The first-order valence-corrected chi connectivity index (χ1v) is 9.94. The van der Waals surface area contributed by atoms with Gasteiger partial charge in [0.15, 0.2) is 0 Å². The average molecular weight is 413 g/mol. The van der Waals surface area contributed by atoms with Gasteiger partial charge in [0.2, 0.25) is 0 Å². The van der Waals surface area contributed by atoms with Crippen molar-refractivity contribution in [3.63, 3.8) is 0 Å². The third-order valence-electron chi connectivity index (χ3n) is 5.39. The number of nitro benzene ring substituents is 1.